The monoisotopic (exact) mass is 247 g/mol. The van der Waals surface area contributed by atoms with E-state index in [2.05, 4.69) is 15.4 Å². The second-order valence-electron chi connectivity index (χ2n) is 4.01. The van der Waals surface area contributed by atoms with Crippen molar-refractivity contribution in [1.82, 2.24) is 20.2 Å². The Morgan fingerprint density at radius 3 is 2.94 bits per heavy atom. The molecule has 0 aliphatic carbocycles. The Morgan fingerprint density at radius 1 is 1.44 bits per heavy atom. The van der Waals surface area contributed by atoms with Gasteiger partial charge in [-0.05, 0) is 29.8 Å². The van der Waals surface area contributed by atoms with E-state index in [0.717, 1.165) is 11.3 Å². The topological polar surface area (TPSA) is 78.9 Å². The van der Waals surface area contributed by atoms with E-state index >= 15 is 0 Å². The standard InChI is InChI=1S/C12H17N5O/c1-3-18-10-6-4-5-9(7-10)11(13)8-12-14-16-17(2)15-12/h4-7,11H,3,8,13H2,1-2H3. The van der Waals surface area contributed by atoms with E-state index in [9.17, 15) is 0 Å². The van der Waals surface area contributed by atoms with Gasteiger partial charge in [0.05, 0.1) is 13.7 Å². The van der Waals surface area contributed by atoms with Crippen LogP contribution in [0.15, 0.2) is 24.3 Å². The minimum Gasteiger partial charge on any atom is -0.494 e. The zero-order chi connectivity index (χ0) is 13.0. The number of hydrogen-bond donors (Lipinski definition) is 1. The van der Waals surface area contributed by atoms with Crippen molar-refractivity contribution in [3.8, 4) is 5.75 Å². The minimum absolute atomic E-state index is 0.158. The van der Waals surface area contributed by atoms with Gasteiger partial charge in [-0.25, -0.2) is 0 Å². The molecule has 96 valence electrons. The lowest BCUT2D eigenvalue weighted by Gasteiger charge is -2.11. The van der Waals surface area contributed by atoms with Gasteiger partial charge in [-0.3, -0.25) is 0 Å². The van der Waals surface area contributed by atoms with E-state index in [1.807, 2.05) is 31.2 Å². The van der Waals surface area contributed by atoms with Crippen molar-refractivity contribution >= 4 is 0 Å². The Labute approximate surface area is 106 Å². The molecule has 1 unspecified atom stereocenters. The van der Waals surface area contributed by atoms with Crippen LogP contribution in [0.3, 0.4) is 0 Å². The van der Waals surface area contributed by atoms with Crippen molar-refractivity contribution in [1.29, 1.82) is 0 Å². The third kappa shape index (κ3) is 3.04. The van der Waals surface area contributed by atoms with Crippen LogP contribution in [0.4, 0.5) is 0 Å². The zero-order valence-corrected chi connectivity index (χ0v) is 10.6. The average molecular weight is 247 g/mol. The van der Waals surface area contributed by atoms with Crippen molar-refractivity contribution < 1.29 is 4.74 Å². The lowest BCUT2D eigenvalue weighted by Crippen LogP contribution is -2.14. The van der Waals surface area contributed by atoms with Crippen molar-refractivity contribution in [3.05, 3.63) is 35.7 Å². The minimum atomic E-state index is -0.158. The van der Waals surface area contributed by atoms with Gasteiger partial charge in [0.15, 0.2) is 5.82 Å². The first-order chi connectivity index (χ1) is 8.69. The maximum absolute atomic E-state index is 6.13. The van der Waals surface area contributed by atoms with Crippen LogP contribution in [0, 0.1) is 0 Å². The summed E-state index contributed by atoms with van der Waals surface area (Å²) >= 11 is 0. The summed E-state index contributed by atoms with van der Waals surface area (Å²) in [4.78, 5) is 1.43. The molecule has 18 heavy (non-hydrogen) atoms. The van der Waals surface area contributed by atoms with Gasteiger partial charge in [-0.2, -0.15) is 4.80 Å². The molecule has 1 aromatic carbocycles. The molecule has 2 aromatic rings. The van der Waals surface area contributed by atoms with Crippen molar-refractivity contribution in [2.75, 3.05) is 6.61 Å². The Morgan fingerprint density at radius 2 is 2.28 bits per heavy atom. The molecule has 2 rings (SSSR count). The second-order valence-corrected chi connectivity index (χ2v) is 4.01. The van der Waals surface area contributed by atoms with Crippen LogP contribution in [-0.4, -0.2) is 26.8 Å². The second kappa shape index (κ2) is 5.59. The van der Waals surface area contributed by atoms with Gasteiger partial charge in [0.1, 0.15) is 5.75 Å². The maximum atomic E-state index is 6.13. The number of benzene rings is 1. The molecule has 6 heteroatoms. The van der Waals surface area contributed by atoms with Gasteiger partial charge in [0, 0.05) is 12.5 Å². The largest absolute Gasteiger partial charge is 0.494 e. The van der Waals surface area contributed by atoms with Gasteiger partial charge in [0.2, 0.25) is 0 Å². The first-order valence-corrected chi connectivity index (χ1v) is 5.90. The predicted octanol–water partition coefficient (Wildman–Crippen LogP) is 0.851. The van der Waals surface area contributed by atoms with Gasteiger partial charge in [-0.15, -0.1) is 10.2 Å². The molecule has 0 fully saturated rings. The maximum Gasteiger partial charge on any atom is 0.176 e. The van der Waals surface area contributed by atoms with Crippen LogP contribution < -0.4 is 10.5 Å². The molecule has 0 aliphatic heterocycles. The third-order valence-electron chi connectivity index (χ3n) is 2.55. The summed E-state index contributed by atoms with van der Waals surface area (Å²) < 4.78 is 5.45. The highest BCUT2D eigenvalue weighted by Crippen LogP contribution is 2.19. The number of hydrogen-bond acceptors (Lipinski definition) is 5. The van der Waals surface area contributed by atoms with Crippen LogP contribution in [0.25, 0.3) is 0 Å². The molecule has 0 spiro atoms. The molecule has 0 amide bonds. The highest BCUT2D eigenvalue weighted by atomic mass is 16.5. The van der Waals surface area contributed by atoms with Gasteiger partial charge in [0.25, 0.3) is 0 Å². The van der Waals surface area contributed by atoms with E-state index in [4.69, 9.17) is 10.5 Å². The molecule has 0 aliphatic rings. The smallest absolute Gasteiger partial charge is 0.176 e. The van der Waals surface area contributed by atoms with Crippen molar-refractivity contribution in [2.24, 2.45) is 12.8 Å². The molecule has 6 nitrogen and oxygen atoms in total. The zero-order valence-electron chi connectivity index (χ0n) is 10.6. The molecule has 1 heterocycles. The van der Waals surface area contributed by atoms with Gasteiger partial charge >= 0.3 is 0 Å². The Hall–Kier alpha value is -1.95. The fraction of sp³-hybridized carbons (Fsp3) is 0.417. The fourth-order valence-electron chi connectivity index (χ4n) is 1.72. The molecule has 0 saturated heterocycles. The van der Waals surface area contributed by atoms with Crippen molar-refractivity contribution in [3.63, 3.8) is 0 Å². The Kier molecular flexibility index (Phi) is 3.88. The SMILES string of the molecule is CCOc1cccc(C(N)Cc2nnn(C)n2)c1. The first-order valence-electron chi connectivity index (χ1n) is 5.90. The highest BCUT2D eigenvalue weighted by Gasteiger charge is 2.11. The van der Waals surface area contributed by atoms with E-state index in [1.165, 1.54) is 4.80 Å². The molecule has 0 bridgehead atoms. The third-order valence-corrected chi connectivity index (χ3v) is 2.55. The summed E-state index contributed by atoms with van der Waals surface area (Å²) in [6, 6.07) is 7.62. The molecule has 0 saturated carbocycles. The summed E-state index contributed by atoms with van der Waals surface area (Å²) in [5.74, 6) is 1.48. The normalized spacial score (nSPS) is 12.4. The lowest BCUT2D eigenvalue weighted by atomic mass is 10.0. The number of rotatable bonds is 5. The molecule has 0 radical (unpaired) electrons. The van der Waals surface area contributed by atoms with Crippen LogP contribution in [0.2, 0.25) is 0 Å². The highest BCUT2D eigenvalue weighted by molar-refractivity contribution is 5.30. The van der Waals surface area contributed by atoms with Gasteiger partial charge < -0.3 is 10.5 Å². The number of aromatic nitrogens is 4. The van der Waals surface area contributed by atoms with Crippen LogP contribution >= 0.6 is 0 Å². The van der Waals surface area contributed by atoms with Crippen LogP contribution in [-0.2, 0) is 13.5 Å². The Bertz CT molecular complexity index is 511. The molecule has 1 atom stereocenters. The van der Waals surface area contributed by atoms with E-state index < -0.39 is 0 Å². The summed E-state index contributed by atoms with van der Waals surface area (Å²) in [5.41, 5.74) is 7.14. The fourth-order valence-corrected chi connectivity index (χ4v) is 1.72. The van der Waals surface area contributed by atoms with E-state index in [1.54, 1.807) is 7.05 Å². The summed E-state index contributed by atoms with van der Waals surface area (Å²) in [6.45, 7) is 2.60. The van der Waals surface area contributed by atoms with Crippen LogP contribution in [0.1, 0.15) is 24.4 Å². The van der Waals surface area contributed by atoms with E-state index in [0.29, 0.717) is 18.9 Å². The summed E-state index contributed by atoms with van der Waals surface area (Å²) in [7, 11) is 1.73. The number of aryl methyl sites for hydroxylation is 1. The molecular weight excluding hydrogens is 230 g/mol. The number of nitrogens with two attached hydrogens (primary N) is 1. The predicted molar refractivity (Wildman–Crippen MR) is 67.0 cm³/mol. The summed E-state index contributed by atoms with van der Waals surface area (Å²) in [5, 5.41) is 11.8. The lowest BCUT2D eigenvalue weighted by molar-refractivity contribution is 0.339. The number of nitrogens with zero attached hydrogens (tertiary/aromatic N) is 4. The van der Waals surface area contributed by atoms with E-state index in [-0.39, 0.29) is 6.04 Å². The first kappa shape index (κ1) is 12.5. The van der Waals surface area contributed by atoms with Crippen molar-refractivity contribution in [2.45, 2.75) is 19.4 Å². The molecular formula is C12H17N5O. The van der Waals surface area contributed by atoms with Gasteiger partial charge in [-0.1, -0.05) is 12.1 Å². The number of tetrazole rings is 1. The number of ether oxygens (including phenoxy) is 1. The average Bonchev–Trinajstić information content (AvgIpc) is 2.75. The quantitative estimate of drug-likeness (QED) is 0.847. The summed E-state index contributed by atoms with van der Waals surface area (Å²) in [6.07, 6.45) is 0.559. The molecule has 2 N–H and O–H groups in total. The Balaban J connectivity index is 2.08. The molecule has 1 aromatic heterocycles. The van der Waals surface area contributed by atoms with Crippen LogP contribution in [0.5, 0.6) is 5.75 Å².